The maximum atomic E-state index is 3.46. The van der Waals surface area contributed by atoms with Gasteiger partial charge in [-0.1, -0.05) is 19.8 Å². The molecule has 0 amide bonds. The van der Waals surface area contributed by atoms with Crippen LogP contribution in [0.4, 0.5) is 0 Å². The Bertz CT molecular complexity index is 301. The van der Waals surface area contributed by atoms with Gasteiger partial charge < -0.3 is 5.32 Å². The van der Waals surface area contributed by atoms with Gasteiger partial charge in [-0.3, -0.25) is 0 Å². The Morgan fingerprint density at radius 1 is 1.40 bits per heavy atom. The van der Waals surface area contributed by atoms with Gasteiger partial charge in [0, 0.05) is 15.8 Å². The number of thiophene rings is 1. The van der Waals surface area contributed by atoms with Gasteiger partial charge in [0.25, 0.3) is 0 Å². The number of nitrogens with one attached hydrogen (secondary N) is 1. The Kier molecular flexibility index (Phi) is 3.81. The van der Waals surface area contributed by atoms with Crippen molar-refractivity contribution < 1.29 is 0 Å². The molecular formula is C13H21NS. The van der Waals surface area contributed by atoms with E-state index in [-0.39, 0.29) is 0 Å². The minimum absolute atomic E-state index is 0.695. The van der Waals surface area contributed by atoms with Crippen LogP contribution in [0, 0.1) is 5.92 Å². The van der Waals surface area contributed by atoms with Gasteiger partial charge in [-0.25, -0.2) is 0 Å². The monoisotopic (exact) mass is 223 g/mol. The fourth-order valence-corrected chi connectivity index (χ4v) is 3.06. The van der Waals surface area contributed by atoms with E-state index < -0.39 is 0 Å². The Morgan fingerprint density at radius 3 is 2.67 bits per heavy atom. The molecule has 1 fully saturated rings. The normalized spacial score (nSPS) is 18.0. The number of hydrogen-bond acceptors (Lipinski definition) is 2. The highest BCUT2D eigenvalue weighted by molar-refractivity contribution is 7.11. The molecule has 1 aliphatic carbocycles. The summed E-state index contributed by atoms with van der Waals surface area (Å²) < 4.78 is 0. The van der Waals surface area contributed by atoms with E-state index >= 15 is 0 Å². The maximum absolute atomic E-state index is 3.46. The Hall–Kier alpha value is -0.340. The van der Waals surface area contributed by atoms with Gasteiger partial charge >= 0.3 is 0 Å². The van der Waals surface area contributed by atoms with E-state index in [0.29, 0.717) is 6.04 Å². The summed E-state index contributed by atoms with van der Waals surface area (Å²) in [5.74, 6) is 1.02. The fourth-order valence-electron chi connectivity index (χ4n) is 2.02. The molecule has 84 valence electrons. The molecule has 1 heterocycles. The van der Waals surface area contributed by atoms with Crippen molar-refractivity contribution in [2.45, 2.75) is 45.1 Å². The lowest BCUT2D eigenvalue weighted by molar-refractivity contribution is 0.493. The minimum Gasteiger partial charge on any atom is -0.317 e. The van der Waals surface area contributed by atoms with Crippen molar-refractivity contribution in [1.82, 2.24) is 5.32 Å². The first-order valence-electron chi connectivity index (χ1n) is 6.06. The number of aryl methyl sites for hydroxylation is 1. The first kappa shape index (κ1) is 11.2. The SMILES string of the molecule is CCc1ccc(CC(CC2CC2)NC)s1. The summed E-state index contributed by atoms with van der Waals surface area (Å²) >= 11 is 1.98. The summed E-state index contributed by atoms with van der Waals surface area (Å²) in [6.45, 7) is 2.23. The van der Waals surface area contributed by atoms with Crippen LogP contribution in [0.25, 0.3) is 0 Å². The third-order valence-corrected chi connectivity index (χ3v) is 4.49. The number of rotatable bonds is 6. The van der Waals surface area contributed by atoms with Crippen LogP contribution in [0.2, 0.25) is 0 Å². The smallest absolute Gasteiger partial charge is 0.0115 e. The van der Waals surface area contributed by atoms with Crippen molar-refractivity contribution in [3.8, 4) is 0 Å². The van der Waals surface area contributed by atoms with Crippen molar-refractivity contribution in [1.29, 1.82) is 0 Å². The topological polar surface area (TPSA) is 12.0 Å². The van der Waals surface area contributed by atoms with E-state index in [4.69, 9.17) is 0 Å². The van der Waals surface area contributed by atoms with E-state index in [1.807, 2.05) is 11.3 Å². The summed E-state index contributed by atoms with van der Waals surface area (Å²) in [6.07, 6.45) is 6.69. The molecule has 0 radical (unpaired) electrons. The second-order valence-corrected chi connectivity index (χ2v) is 5.84. The lowest BCUT2D eigenvalue weighted by Gasteiger charge is -2.14. The quantitative estimate of drug-likeness (QED) is 0.780. The van der Waals surface area contributed by atoms with Crippen LogP contribution in [0.1, 0.15) is 35.9 Å². The van der Waals surface area contributed by atoms with Crippen LogP contribution in [0.5, 0.6) is 0 Å². The predicted octanol–water partition coefficient (Wildman–Crippen LogP) is 3.24. The Labute approximate surface area is 96.9 Å². The average Bonchev–Trinajstić information content (AvgIpc) is 2.95. The molecule has 15 heavy (non-hydrogen) atoms. The first-order valence-corrected chi connectivity index (χ1v) is 6.88. The Balaban J connectivity index is 1.86. The zero-order valence-corrected chi connectivity index (χ0v) is 10.6. The molecule has 0 aliphatic heterocycles. The molecule has 2 rings (SSSR count). The van der Waals surface area contributed by atoms with Gasteiger partial charge in [-0.2, -0.15) is 0 Å². The molecule has 0 saturated heterocycles. The van der Waals surface area contributed by atoms with E-state index in [2.05, 4.69) is 31.4 Å². The molecule has 0 spiro atoms. The molecule has 1 aromatic rings. The average molecular weight is 223 g/mol. The summed E-state index contributed by atoms with van der Waals surface area (Å²) in [5.41, 5.74) is 0. The number of hydrogen-bond donors (Lipinski definition) is 1. The van der Waals surface area contributed by atoms with Crippen molar-refractivity contribution in [3.05, 3.63) is 21.9 Å². The largest absolute Gasteiger partial charge is 0.317 e. The van der Waals surface area contributed by atoms with Gasteiger partial charge in [-0.05, 0) is 44.4 Å². The van der Waals surface area contributed by atoms with Crippen LogP contribution in [0.15, 0.2) is 12.1 Å². The molecule has 1 unspecified atom stereocenters. The second kappa shape index (κ2) is 5.13. The molecule has 1 aliphatic rings. The fraction of sp³-hybridized carbons (Fsp3) is 0.692. The van der Waals surface area contributed by atoms with E-state index in [1.165, 1.54) is 37.0 Å². The highest BCUT2D eigenvalue weighted by atomic mass is 32.1. The van der Waals surface area contributed by atoms with Gasteiger partial charge in [0.1, 0.15) is 0 Å². The zero-order valence-electron chi connectivity index (χ0n) is 9.75. The molecule has 1 saturated carbocycles. The standard InChI is InChI=1S/C13H21NS/c1-3-12-6-7-13(15-12)9-11(14-2)8-10-4-5-10/h6-7,10-11,14H,3-5,8-9H2,1-2H3. The predicted molar refractivity (Wildman–Crippen MR) is 67.6 cm³/mol. The molecular weight excluding hydrogens is 202 g/mol. The number of likely N-dealkylation sites (N-methyl/N-ethyl adjacent to an activating group) is 1. The Morgan fingerprint density at radius 2 is 2.13 bits per heavy atom. The van der Waals surface area contributed by atoms with Crippen LogP contribution in [-0.4, -0.2) is 13.1 Å². The van der Waals surface area contributed by atoms with Crippen molar-refractivity contribution >= 4 is 11.3 Å². The third-order valence-electron chi connectivity index (χ3n) is 3.24. The van der Waals surface area contributed by atoms with Crippen LogP contribution in [0.3, 0.4) is 0 Å². The molecule has 1 nitrogen and oxygen atoms in total. The van der Waals surface area contributed by atoms with Crippen molar-refractivity contribution in [3.63, 3.8) is 0 Å². The second-order valence-electron chi connectivity index (χ2n) is 4.59. The van der Waals surface area contributed by atoms with Gasteiger partial charge in [0.2, 0.25) is 0 Å². The first-order chi connectivity index (χ1) is 7.31. The van der Waals surface area contributed by atoms with Crippen LogP contribution < -0.4 is 5.32 Å². The van der Waals surface area contributed by atoms with Crippen LogP contribution >= 0.6 is 11.3 Å². The molecule has 0 aromatic carbocycles. The molecule has 1 atom stereocenters. The van der Waals surface area contributed by atoms with Crippen molar-refractivity contribution in [2.24, 2.45) is 5.92 Å². The molecule has 0 bridgehead atoms. The van der Waals surface area contributed by atoms with E-state index in [0.717, 1.165) is 5.92 Å². The van der Waals surface area contributed by atoms with E-state index in [1.54, 1.807) is 4.88 Å². The molecule has 1 aromatic heterocycles. The lowest BCUT2D eigenvalue weighted by Crippen LogP contribution is -2.27. The summed E-state index contributed by atoms with van der Waals surface area (Å²) in [6, 6.07) is 5.28. The van der Waals surface area contributed by atoms with Gasteiger partial charge in [-0.15, -0.1) is 11.3 Å². The summed E-state index contributed by atoms with van der Waals surface area (Å²) in [7, 11) is 2.10. The van der Waals surface area contributed by atoms with Gasteiger partial charge in [0.15, 0.2) is 0 Å². The summed E-state index contributed by atoms with van der Waals surface area (Å²) in [4.78, 5) is 3.07. The highest BCUT2D eigenvalue weighted by Crippen LogP contribution is 2.34. The maximum Gasteiger partial charge on any atom is 0.0115 e. The van der Waals surface area contributed by atoms with Crippen molar-refractivity contribution in [2.75, 3.05) is 7.05 Å². The van der Waals surface area contributed by atoms with Crippen LogP contribution in [-0.2, 0) is 12.8 Å². The summed E-state index contributed by atoms with van der Waals surface area (Å²) in [5, 5.41) is 3.46. The molecule has 2 heteroatoms. The zero-order chi connectivity index (χ0) is 10.7. The molecule has 1 N–H and O–H groups in total. The third kappa shape index (κ3) is 3.32. The minimum atomic E-state index is 0.695. The van der Waals surface area contributed by atoms with Gasteiger partial charge in [0.05, 0.1) is 0 Å². The van der Waals surface area contributed by atoms with E-state index in [9.17, 15) is 0 Å². The highest BCUT2D eigenvalue weighted by Gasteiger charge is 2.24. The lowest BCUT2D eigenvalue weighted by atomic mass is 10.1.